The predicted molar refractivity (Wildman–Crippen MR) is 57.3 cm³/mol. The normalized spacial score (nSPS) is 13.5. The second kappa shape index (κ2) is 4.18. The van der Waals surface area contributed by atoms with Gasteiger partial charge < -0.3 is 9.84 Å². The highest BCUT2D eigenvalue weighted by atomic mass is 16.5. The Morgan fingerprint density at radius 1 is 1.38 bits per heavy atom. The molecule has 0 saturated heterocycles. The molecule has 4 heteroatoms. The second-order valence-electron chi connectivity index (χ2n) is 3.47. The molecule has 0 spiro atoms. The van der Waals surface area contributed by atoms with Gasteiger partial charge in [-0.3, -0.25) is 4.79 Å². The maximum absolute atomic E-state index is 10.8. The van der Waals surface area contributed by atoms with E-state index in [0.29, 0.717) is 6.61 Å². The van der Waals surface area contributed by atoms with Crippen molar-refractivity contribution in [1.82, 2.24) is 0 Å². The molecule has 0 atom stereocenters. The molecule has 1 aromatic carbocycles. The Labute approximate surface area is 92.2 Å². The highest BCUT2D eigenvalue weighted by Gasteiger charge is 2.11. The average Bonchev–Trinajstić information content (AvgIpc) is 2.72. The summed E-state index contributed by atoms with van der Waals surface area (Å²) in [6, 6.07) is 5.51. The number of benzene rings is 1. The highest BCUT2D eigenvalue weighted by Crippen LogP contribution is 2.26. The molecular weight excluding hydrogens is 208 g/mol. The Morgan fingerprint density at radius 2 is 2.19 bits per heavy atom. The summed E-state index contributed by atoms with van der Waals surface area (Å²) in [6.45, 7) is 0.677. The van der Waals surface area contributed by atoms with Gasteiger partial charge in [0.05, 0.1) is 6.61 Å². The third-order valence-electron chi connectivity index (χ3n) is 2.35. The Kier molecular flexibility index (Phi) is 2.72. The van der Waals surface area contributed by atoms with Crippen molar-refractivity contribution in [2.24, 2.45) is 0 Å². The molecule has 1 aliphatic heterocycles. The van der Waals surface area contributed by atoms with Crippen LogP contribution in [-0.2, 0) is 16.0 Å². The lowest BCUT2D eigenvalue weighted by molar-refractivity contribution is -0.146. The van der Waals surface area contributed by atoms with Crippen LogP contribution < -0.4 is 4.74 Å². The van der Waals surface area contributed by atoms with E-state index in [-0.39, 0.29) is 0 Å². The number of rotatable bonds is 3. The quantitative estimate of drug-likeness (QED) is 0.613. The van der Waals surface area contributed by atoms with Gasteiger partial charge in [-0.05, 0) is 29.3 Å². The van der Waals surface area contributed by atoms with Gasteiger partial charge in [0.1, 0.15) is 5.75 Å². The zero-order chi connectivity index (χ0) is 11.5. The molecule has 0 amide bonds. The molecule has 1 N–H and O–H groups in total. The monoisotopic (exact) mass is 218 g/mol. The van der Waals surface area contributed by atoms with Crippen LogP contribution in [0.4, 0.5) is 0 Å². The van der Waals surface area contributed by atoms with Crippen LogP contribution >= 0.6 is 0 Å². The van der Waals surface area contributed by atoms with Gasteiger partial charge in [-0.25, -0.2) is 4.79 Å². The van der Waals surface area contributed by atoms with Crippen LogP contribution in [0, 0.1) is 0 Å². The predicted octanol–water partition coefficient (Wildman–Crippen LogP) is 1.29. The van der Waals surface area contributed by atoms with Crippen LogP contribution in [0.2, 0.25) is 0 Å². The number of ketones is 1. The third-order valence-corrected chi connectivity index (χ3v) is 2.35. The molecular formula is C12H10O4. The summed E-state index contributed by atoms with van der Waals surface area (Å²) in [7, 11) is 0. The van der Waals surface area contributed by atoms with Crippen LogP contribution in [-0.4, -0.2) is 23.5 Å². The van der Waals surface area contributed by atoms with Crippen molar-refractivity contribution < 1.29 is 19.4 Å². The second-order valence-corrected chi connectivity index (χ2v) is 3.47. The van der Waals surface area contributed by atoms with E-state index in [2.05, 4.69) is 0 Å². The summed E-state index contributed by atoms with van der Waals surface area (Å²) in [6.07, 6.45) is 3.40. The molecule has 0 saturated carbocycles. The van der Waals surface area contributed by atoms with Gasteiger partial charge >= 0.3 is 5.97 Å². The third kappa shape index (κ3) is 2.11. The number of carboxylic acid groups (broad SMARTS) is 1. The number of carbonyl (C=O) groups excluding carboxylic acids is 1. The lowest BCUT2D eigenvalue weighted by atomic mass is 10.1. The van der Waals surface area contributed by atoms with E-state index in [4.69, 9.17) is 9.84 Å². The van der Waals surface area contributed by atoms with E-state index in [1.165, 1.54) is 6.08 Å². The van der Waals surface area contributed by atoms with E-state index in [1.807, 2.05) is 12.1 Å². The molecule has 1 aromatic rings. The van der Waals surface area contributed by atoms with Crippen LogP contribution in [0.15, 0.2) is 24.3 Å². The maximum Gasteiger partial charge on any atom is 0.376 e. The Hall–Kier alpha value is -2.10. The zero-order valence-electron chi connectivity index (χ0n) is 8.47. The van der Waals surface area contributed by atoms with Gasteiger partial charge in [0, 0.05) is 6.42 Å². The van der Waals surface area contributed by atoms with E-state index in [0.717, 1.165) is 29.4 Å². The van der Waals surface area contributed by atoms with Crippen LogP contribution in [0.1, 0.15) is 11.1 Å². The number of hydrogen-bond acceptors (Lipinski definition) is 3. The van der Waals surface area contributed by atoms with Crippen molar-refractivity contribution in [2.45, 2.75) is 6.42 Å². The summed E-state index contributed by atoms with van der Waals surface area (Å²) in [5.74, 6) is -1.50. The molecule has 1 heterocycles. The Bertz CT molecular complexity index is 474. The van der Waals surface area contributed by atoms with Crippen molar-refractivity contribution in [2.75, 3.05) is 6.61 Å². The number of aliphatic carboxylic acids is 1. The fraction of sp³-hybridized carbons (Fsp3) is 0.167. The summed E-state index contributed by atoms with van der Waals surface area (Å²) in [4.78, 5) is 21.1. The minimum Gasteiger partial charge on any atom is -0.493 e. The number of carboxylic acids is 1. The molecule has 16 heavy (non-hydrogen) atoms. The fourth-order valence-corrected chi connectivity index (χ4v) is 1.55. The standard InChI is InChI=1S/C12H10O4/c13-10(12(14)15)3-1-8-2-4-11-9(7-8)5-6-16-11/h1-4,7H,5-6H2,(H,14,15)/b3-1+. The summed E-state index contributed by atoms with van der Waals surface area (Å²) in [5.41, 5.74) is 1.89. The van der Waals surface area contributed by atoms with E-state index in [1.54, 1.807) is 6.07 Å². The summed E-state index contributed by atoms with van der Waals surface area (Å²) in [5, 5.41) is 8.39. The van der Waals surface area contributed by atoms with Crippen LogP contribution in [0.25, 0.3) is 6.08 Å². The highest BCUT2D eigenvalue weighted by molar-refractivity contribution is 6.38. The van der Waals surface area contributed by atoms with Gasteiger partial charge in [-0.1, -0.05) is 12.1 Å². The summed E-state index contributed by atoms with van der Waals surface area (Å²) >= 11 is 0. The fourth-order valence-electron chi connectivity index (χ4n) is 1.55. The first-order valence-electron chi connectivity index (χ1n) is 4.88. The number of ether oxygens (including phenoxy) is 1. The molecule has 0 aliphatic carbocycles. The molecule has 82 valence electrons. The lowest BCUT2D eigenvalue weighted by Gasteiger charge is -1.99. The van der Waals surface area contributed by atoms with Crippen LogP contribution in [0.5, 0.6) is 5.75 Å². The molecule has 0 aromatic heterocycles. The number of carbonyl (C=O) groups is 2. The smallest absolute Gasteiger partial charge is 0.376 e. The number of fused-ring (bicyclic) bond motifs is 1. The zero-order valence-corrected chi connectivity index (χ0v) is 8.47. The van der Waals surface area contributed by atoms with Crippen LogP contribution in [0.3, 0.4) is 0 Å². The van der Waals surface area contributed by atoms with E-state index < -0.39 is 11.8 Å². The molecule has 4 nitrogen and oxygen atoms in total. The lowest BCUT2D eigenvalue weighted by Crippen LogP contribution is -2.08. The first-order chi connectivity index (χ1) is 7.66. The van der Waals surface area contributed by atoms with Crippen molar-refractivity contribution in [3.05, 3.63) is 35.4 Å². The van der Waals surface area contributed by atoms with Gasteiger partial charge in [-0.2, -0.15) is 0 Å². The first kappa shape index (κ1) is 10.4. The SMILES string of the molecule is O=C(O)C(=O)/C=C/c1ccc2c(c1)CCO2. The average molecular weight is 218 g/mol. The molecule has 1 aliphatic rings. The van der Waals surface area contributed by atoms with Crippen molar-refractivity contribution in [1.29, 1.82) is 0 Å². The minimum absolute atomic E-state index is 0.677. The van der Waals surface area contributed by atoms with Gasteiger partial charge in [0.2, 0.25) is 0 Å². The molecule has 2 rings (SSSR count). The molecule has 0 fully saturated rings. The molecule has 0 bridgehead atoms. The van der Waals surface area contributed by atoms with Gasteiger partial charge in [0.15, 0.2) is 0 Å². The Balaban J connectivity index is 2.17. The van der Waals surface area contributed by atoms with E-state index in [9.17, 15) is 9.59 Å². The van der Waals surface area contributed by atoms with Crippen molar-refractivity contribution in [3.63, 3.8) is 0 Å². The van der Waals surface area contributed by atoms with Crippen molar-refractivity contribution >= 4 is 17.8 Å². The van der Waals surface area contributed by atoms with Gasteiger partial charge in [-0.15, -0.1) is 0 Å². The van der Waals surface area contributed by atoms with Gasteiger partial charge in [0.25, 0.3) is 5.78 Å². The minimum atomic E-state index is -1.44. The topological polar surface area (TPSA) is 63.6 Å². The molecule has 0 unspecified atom stereocenters. The van der Waals surface area contributed by atoms with E-state index >= 15 is 0 Å². The van der Waals surface area contributed by atoms with Crippen molar-refractivity contribution in [3.8, 4) is 5.75 Å². The first-order valence-corrected chi connectivity index (χ1v) is 4.88. The number of hydrogen-bond donors (Lipinski definition) is 1. The summed E-state index contributed by atoms with van der Waals surface area (Å²) < 4.78 is 5.33. The maximum atomic E-state index is 10.8. The largest absolute Gasteiger partial charge is 0.493 e. The molecule has 0 radical (unpaired) electrons. The Morgan fingerprint density at radius 3 is 2.94 bits per heavy atom.